The molecule has 20 aromatic carbocycles. The van der Waals surface area contributed by atoms with Gasteiger partial charge in [0, 0.05) is 99.8 Å². The molecule has 2 aliphatic rings. The molecular formula is C140H116N4O2Si2. The van der Waals surface area contributed by atoms with Crippen LogP contribution in [0.5, 0.6) is 0 Å². The van der Waals surface area contributed by atoms with Crippen molar-refractivity contribution in [2.75, 3.05) is 9.80 Å². The first-order valence-corrected chi connectivity index (χ1v) is 57.5. The van der Waals surface area contributed by atoms with E-state index in [0.29, 0.717) is 0 Å². The molecule has 24 aromatic rings. The van der Waals surface area contributed by atoms with E-state index < -0.39 is 16.1 Å². The van der Waals surface area contributed by atoms with Crippen molar-refractivity contribution in [3.05, 3.63) is 508 Å². The number of fused-ring (bicyclic) bond motifs is 17. The van der Waals surface area contributed by atoms with Crippen LogP contribution in [0.25, 0.3) is 133 Å². The summed E-state index contributed by atoms with van der Waals surface area (Å²) in [5.41, 5.74) is 27.6. The van der Waals surface area contributed by atoms with Crippen molar-refractivity contribution in [3.8, 4) is 56.3 Å². The number of hydrogen-bond donors (Lipinski definition) is 0. The van der Waals surface area contributed by atoms with Gasteiger partial charge in [-0.3, -0.25) is 0 Å². The number of hydrogen-bond acceptors (Lipinski definition) is 4. The summed E-state index contributed by atoms with van der Waals surface area (Å²) in [4.78, 5) is 5.23. The number of rotatable bonds is 30. The van der Waals surface area contributed by atoms with Gasteiger partial charge in [0.25, 0.3) is 0 Å². The molecule has 0 atom stereocenters. The molecule has 0 saturated carbocycles. The molecule has 2 aliphatic carbocycles. The van der Waals surface area contributed by atoms with Crippen LogP contribution in [-0.2, 0) is 10.8 Å². The maximum atomic E-state index is 6.75. The van der Waals surface area contributed by atoms with Gasteiger partial charge < -0.3 is 27.8 Å². The van der Waals surface area contributed by atoms with E-state index >= 15 is 0 Å². The molecule has 0 unspecified atom stereocenters. The molecule has 0 bridgehead atoms. The average Bonchev–Trinajstić information content (AvgIpc) is 1.44. The standard InChI is InChI=1S/C140H116N4O2Si2/c1-5-9-83-139(84-10-6-2)125-87-99(135-89-97-43-37-39-65-133(97)145-135)67-73-117(125)119-75-69-105(93-127(119)139)141(103-49-41-63-115(91-103)147(109-51-25-15-26-52-109,110-53-27-16-28-54-110)111-55-29-17-30-56-111)107-71-77-123-131(95-107)143(101-45-21-13-22-46-101)129-81-79-122-121(137(123)129)80-82-130-138(122)124-78-72-108(96-132(124)144(130)102-47-23-14-24-48-102)142(104-50-42-64-116(92-104)148(112-57-31-18-32-58-112,113-59-33-19-34-60-113)114-61-35-20-36-62-114)106-70-76-120-118-74-68-100(136-90-98-44-38-40-66-134(98)146-136)88-126(118)140(85-11-7-3,86-12-8-4)128(120)94-106/h13-82,87-96H,5-12,83-86H2,1-4H3. The SMILES string of the molecule is CCCCC1(CCCC)c2cc(-c3cc4ccccc4o3)ccc2-c2ccc(N(c3cccc([Si](c4ccccc4)(c4ccccc4)c4ccccc4)c3)c3ccc4c5c6ccc7c(c6ccc5n(-c5ccccc5)c4c3)c3ccc(N(c4cccc([Si](c5ccccc5)(c5ccccc5)c5ccccc5)c4)c4ccc5c(c4)C(CCCC)(CCCC)c4cc(-c6cc8ccccc8o6)ccc4-5)cc3n7-c3ccccc3)cc21. The van der Waals surface area contributed by atoms with Gasteiger partial charge in [0.15, 0.2) is 16.1 Å². The topological polar surface area (TPSA) is 42.6 Å². The summed E-state index contributed by atoms with van der Waals surface area (Å²) in [5.74, 6) is 1.81. The molecule has 4 aromatic heterocycles. The fourth-order valence-electron chi connectivity index (χ4n) is 26.2. The summed E-state index contributed by atoms with van der Waals surface area (Å²) >= 11 is 0. The Balaban J connectivity index is 0.690. The molecule has 0 radical (unpaired) electrons. The number of unbranched alkanes of at least 4 members (excludes halogenated alkanes) is 4. The van der Waals surface area contributed by atoms with Crippen molar-refractivity contribution in [3.63, 3.8) is 0 Å². The normalized spacial score (nSPS) is 13.0. The summed E-state index contributed by atoms with van der Waals surface area (Å²) in [6.07, 6.45) is 12.8. The zero-order chi connectivity index (χ0) is 99.0. The first-order chi connectivity index (χ1) is 73.2. The van der Waals surface area contributed by atoms with E-state index in [4.69, 9.17) is 8.83 Å². The Labute approximate surface area is 868 Å². The van der Waals surface area contributed by atoms with E-state index in [9.17, 15) is 0 Å². The number of nitrogens with zero attached hydrogens (tertiary/aromatic N) is 4. The minimum Gasteiger partial charge on any atom is -0.456 e. The van der Waals surface area contributed by atoms with Crippen LogP contribution < -0.4 is 51.3 Å². The van der Waals surface area contributed by atoms with Crippen molar-refractivity contribution < 1.29 is 8.83 Å². The number of aromatic nitrogens is 2. The van der Waals surface area contributed by atoms with Gasteiger partial charge in [-0.1, -0.05) is 419 Å². The molecule has 26 rings (SSSR count). The molecule has 0 saturated heterocycles. The third-order valence-corrected chi connectivity index (χ3v) is 42.5. The highest BCUT2D eigenvalue weighted by atomic mass is 28.3. The van der Waals surface area contributed by atoms with Gasteiger partial charge in [0.2, 0.25) is 0 Å². The van der Waals surface area contributed by atoms with E-state index in [2.05, 4.69) is 532 Å². The van der Waals surface area contributed by atoms with E-state index in [-0.39, 0.29) is 10.8 Å². The second-order valence-corrected chi connectivity index (χ2v) is 48.7. The molecule has 0 fully saturated rings. The van der Waals surface area contributed by atoms with Crippen molar-refractivity contribution in [2.45, 2.75) is 116 Å². The zero-order valence-electron chi connectivity index (χ0n) is 84.3. The van der Waals surface area contributed by atoms with Gasteiger partial charge in [0.05, 0.1) is 22.1 Å². The molecular weight excluding hydrogens is 1830 g/mol. The van der Waals surface area contributed by atoms with Crippen LogP contribution in [0.3, 0.4) is 0 Å². The lowest BCUT2D eigenvalue weighted by Crippen LogP contribution is -2.74. The second-order valence-electron chi connectivity index (χ2n) is 41.1. The van der Waals surface area contributed by atoms with Gasteiger partial charge in [0.1, 0.15) is 22.7 Å². The fraction of sp³-hybridized carbons (Fsp3) is 0.129. The molecule has 0 spiro atoms. The molecule has 6 nitrogen and oxygen atoms in total. The highest BCUT2D eigenvalue weighted by Gasteiger charge is 2.48. The number of benzene rings is 20. The molecule has 4 heterocycles. The lowest BCUT2D eigenvalue weighted by Gasteiger charge is -2.36. The summed E-state index contributed by atoms with van der Waals surface area (Å²) in [6.45, 7) is 9.45. The number of anilines is 6. The highest BCUT2D eigenvalue weighted by Crippen LogP contribution is 2.60. The molecule has 0 N–H and O–H groups in total. The maximum Gasteiger partial charge on any atom is 0.179 e. The Morgan fingerprint density at radius 3 is 0.831 bits per heavy atom. The van der Waals surface area contributed by atoms with Crippen LogP contribution in [-0.4, -0.2) is 25.3 Å². The van der Waals surface area contributed by atoms with Crippen LogP contribution in [0.1, 0.15) is 127 Å². The first-order valence-electron chi connectivity index (χ1n) is 53.5. The summed E-state index contributed by atoms with van der Waals surface area (Å²) < 4.78 is 18.6. The Morgan fingerprint density at radius 1 is 0.223 bits per heavy atom. The van der Waals surface area contributed by atoms with Crippen LogP contribution in [0.2, 0.25) is 0 Å². The Bertz CT molecular complexity index is 8300. The largest absolute Gasteiger partial charge is 0.456 e. The van der Waals surface area contributed by atoms with Gasteiger partial charge in [-0.2, -0.15) is 0 Å². The summed E-state index contributed by atoms with van der Waals surface area (Å²) in [5, 5.41) is 20.0. The van der Waals surface area contributed by atoms with E-state index in [1.54, 1.807) is 0 Å². The van der Waals surface area contributed by atoms with Crippen LogP contribution >= 0.6 is 0 Å². The second kappa shape index (κ2) is 38.1. The fourth-order valence-corrected chi connectivity index (χ4v) is 35.8. The Hall–Kier alpha value is -16.6. The monoisotopic (exact) mass is 1940 g/mol. The van der Waals surface area contributed by atoms with E-state index in [1.807, 2.05) is 0 Å². The van der Waals surface area contributed by atoms with E-state index in [0.717, 1.165) is 189 Å². The molecule has 0 amide bonds. The third kappa shape index (κ3) is 15.0. The molecule has 148 heavy (non-hydrogen) atoms. The maximum absolute atomic E-state index is 6.75. The van der Waals surface area contributed by atoms with Crippen molar-refractivity contribution in [1.82, 2.24) is 9.13 Å². The van der Waals surface area contributed by atoms with Gasteiger partial charge in [-0.15, -0.1) is 0 Å². The lowest BCUT2D eigenvalue weighted by molar-refractivity contribution is 0.414. The van der Waals surface area contributed by atoms with Crippen molar-refractivity contribution in [2.24, 2.45) is 0 Å². The molecule has 716 valence electrons. The third-order valence-electron chi connectivity index (χ3n) is 32.9. The minimum atomic E-state index is -3.09. The smallest absolute Gasteiger partial charge is 0.179 e. The summed E-state index contributed by atoms with van der Waals surface area (Å²) in [7, 11) is -6.18. The first kappa shape index (κ1) is 91.3. The van der Waals surface area contributed by atoms with Crippen LogP contribution in [0.4, 0.5) is 34.1 Å². The minimum absolute atomic E-state index is 0.279. The lowest BCUT2D eigenvalue weighted by atomic mass is 9.70. The van der Waals surface area contributed by atoms with Crippen LogP contribution in [0.15, 0.2) is 494 Å². The van der Waals surface area contributed by atoms with Crippen molar-refractivity contribution >= 4 is 168 Å². The number of para-hydroxylation sites is 4. The van der Waals surface area contributed by atoms with Crippen molar-refractivity contribution in [1.29, 1.82) is 0 Å². The molecule has 0 aliphatic heterocycles. The quantitative estimate of drug-likeness (QED) is 0.0332. The predicted molar refractivity (Wildman–Crippen MR) is 630 cm³/mol. The van der Waals surface area contributed by atoms with E-state index in [1.165, 1.54) is 118 Å². The zero-order valence-corrected chi connectivity index (χ0v) is 86.3. The Kier molecular flexibility index (Phi) is 23.5. The van der Waals surface area contributed by atoms with Crippen LogP contribution in [0, 0.1) is 0 Å². The van der Waals surface area contributed by atoms with Gasteiger partial charge in [-0.05, 0) is 268 Å². The highest BCUT2D eigenvalue weighted by molar-refractivity contribution is 7.20. The molecule has 8 heteroatoms. The van der Waals surface area contributed by atoms with Gasteiger partial charge in [-0.25, -0.2) is 0 Å². The average molecular weight is 1940 g/mol. The Morgan fingerprint density at radius 2 is 0.500 bits per heavy atom. The van der Waals surface area contributed by atoms with Gasteiger partial charge >= 0.3 is 0 Å². The predicted octanol–water partition coefficient (Wildman–Crippen LogP) is 32.8. The summed E-state index contributed by atoms with van der Waals surface area (Å²) in [6, 6.07) is 186. The number of furan rings is 2.